The average Bonchev–Trinajstić information content (AvgIpc) is 2.60. The molecule has 0 heterocycles. The van der Waals surface area contributed by atoms with Crippen LogP contribution in [0.4, 0.5) is 0 Å². The number of hydrogen-bond acceptors (Lipinski definition) is 4. The Kier molecular flexibility index (Phi) is 7.15. The molecule has 0 aromatic heterocycles. The van der Waals surface area contributed by atoms with Crippen molar-refractivity contribution >= 4 is 17.7 Å². The summed E-state index contributed by atoms with van der Waals surface area (Å²) >= 11 is 1.71. The molecule has 1 amide bonds. The van der Waals surface area contributed by atoms with E-state index in [-0.39, 0.29) is 11.9 Å². The quantitative estimate of drug-likeness (QED) is 0.740. The minimum Gasteiger partial charge on any atom is -0.496 e. The van der Waals surface area contributed by atoms with Crippen LogP contribution in [0.25, 0.3) is 0 Å². The molecule has 0 aliphatic heterocycles. The van der Waals surface area contributed by atoms with Crippen molar-refractivity contribution < 1.29 is 14.3 Å². The van der Waals surface area contributed by atoms with Gasteiger partial charge in [0.05, 0.1) is 13.7 Å². The molecule has 2 rings (SSSR count). The summed E-state index contributed by atoms with van der Waals surface area (Å²) in [6.07, 6.45) is 0. The van der Waals surface area contributed by atoms with Crippen molar-refractivity contribution in [1.82, 2.24) is 5.32 Å². The van der Waals surface area contributed by atoms with E-state index in [4.69, 9.17) is 9.47 Å². The number of carbonyl (C=O) groups excluding carboxylic acids is 1. The Bertz CT molecular complexity index is 661. The maximum Gasteiger partial charge on any atom is 0.251 e. The van der Waals surface area contributed by atoms with Crippen molar-refractivity contribution in [2.75, 3.05) is 20.8 Å². The van der Waals surface area contributed by atoms with Crippen LogP contribution in [0.5, 0.6) is 5.75 Å². The predicted octanol–water partition coefficient (Wildman–Crippen LogP) is 3.75. The number of nitrogens with one attached hydrogen (secondary N) is 1. The van der Waals surface area contributed by atoms with Gasteiger partial charge in [-0.3, -0.25) is 4.79 Å². The largest absolute Gasteiger partial charge is 0.496 e. The Hall–Kier alpha value is -1.98. The van der Waals surface area contributed by atoms with E-state index in [0.717, 1.165) is 17.1 Å². The summed E-state index contributed by atoms with van der Waals surface area (Å²) in [4.78, 5) is 13.5. The zero-order valence-corrected chi connectivity index (χ0v) is 15.1. The first-order valence-electron chi connectivity index (χ1n) is 7.78. The molecule has 24 heavy (non-hydrogen) atoms. The molecule has 0 unspecified atom stereocenters. The van der Waals surface area contributed by atoms with Crippen LogP contribution in [-0.2, 0) is 10.5 Å². The highest BCUT2D eigenvalue weighted by Crippen LogP contribution is 2.28. The summed E-state index contributed by atoms with van der Waals surface area (Å²) in [6, 6.07) is 15.6. The number of benzene rings is 2. The van der Waals surface area contributed by atoms with Crippen LogP contribution in [0.15, 0.2) is 53.4 Å². The molecule has 2 aromatic rings. The average molecular weight is 345 g/mol. The van der Waals surface area contributed by atoms with E-state index in [2.05, 4.69) is 17.4 Å². The number of thioether (sulfide) groups is 1. The van der Waals surface area contributed by atoms with Gasteiger partial charge in [0.15, 0.2) is 0 Å². The molecule has 0 bridgehead atoms. The molecule has 1 atom stereocenters. The zero-order valence-electron chi connectivity index (χ0n) is 14.2. The van der Waals surface area contributed by atoms with Gasteiger partial charge in [-0.15, -0.1) is 11.8 Å². The molecule has 0 radical (unpaired) electrons. The molecule has 5 heteroatoms. The van der Waals surface area contributed by atoms with E-state index in [1.807, 2.05) is 37.3 Å². The van der Waals surface area contributed by atoms with Crippen LogP contribution < -0.4 is 10.1 Å². The first-order chi connectivity index (χ1) is 11.6. The van der Waals surface area contributed by atoms with Crippen molar-refractivity contribution in [2.24, 2.45) is 0 Å². The van der Waals surface area contributed by atoms with E-state index in [1.54, 1.807) is 32.0 Å². The fraction of sp³-hybridized carbons (Fsp3) is 0.316. The molecule has 1 N–H and O–H groups in total. The fourth-order valence-electron chi connectivity index (χ4n) is 2.31. The molecule has 0 saturated heterocycles. The lowest BCUT2D eigenvalue weighted by Gasteiger charge is -2.14. The lowest BCUT2D eigenvalue weighted by molar-refractivity contribution is 0.0905. The van der Waals surface area contributed by atoms with Crippen molar-refractivity contribution in [2.45, 2.75) is 23.6 Å². The normalized spacial score (nSPS) is 11.8. The second kappa shape index (κ2) is 9.35. The van der Waals surface area contributed by atoms with Crippen LogP contribution in [0, 0.1) is 0 Å². The zero-order chi connectivity index (χ0) is 17.4. The number of rotatable bonds is 8. The number of methoxy groups -OCH3 is 2. The van der Waals surface area contributed by atoms with Gasteiger partial charge in [-0.2, -0.15) is 0 Å². The number of amides is 1. The lowest BCUT2D eigenvalue weighted by atomic mass is 10.1. The standard InChI is InChI=1S/C19H23NO3S/c1-14(12-22-2)20-19(21)15-9-10-18(23-3)16(11-15)13-24-17-7-5-4-6-8-17/h4-11,14H,12-13H2,1-3H3,(H,20,21)/t14-/m1/s1. The Labute approximate surface area is 147 Å². The third-order valence-corrected chi connectivity index (χ3v) is 4.54. The van der Waals surface area contributed by atoms with Crippen molar-refractivity contribution in [3.05, 3.63) is 59.7 Å². The van der Waals surface area contributed by atoms with Gasteiger partial charge < -0.3 is 14.8 Å². The molecule has 0 fully saturated rings. The Morgan fingerprint density at radius 2 is 1.92 bits per heavy atom. The van der Waals surface area contributed by atoms with Crippen LogP contribution in [0.3, 0.4) is 0 Å². The van der Waals surface area contributed by atoms with Gasteiger partial charge in [-0.25, -0.2) is 0 Å². The maximum absolute atomic E-state index is 12.3. The molecule has 0 aliphatic carbocycles. The van der Waals surface area contributed by atoms with E-state index >= 15 is 0 Å². The first-order valence-corrected chi connectivity index (χ1v) is 8.77. The van der Waals surface area contributed by atoms with Gasteiger partial charge in [0.1, 0.15) is 5.75 Å². The van der Waals surface area contributed by atoms with E-state index in [0.29, 0.717) is 12.2 Å². The molecule has 4 nitrogen and oxygen atoms in total. The predicted molar refractivity (Wildman–Crippen MR) is 97.8 cm³/mol. The number of hydrogen-bond donors (Lipinski definition) is 1. The smallest absolute Gasteiger partial charge is 0.251 e. The number of ether oxygens (including phenoxy) is 2. The van der Waals surface area contributed by atoms with Gasteiger partial charge >= 0.3 is 0 Å². The first kappa shape index (κ1) is 18.4. The molecule has 0 saturated carbocycles. The Balaban J connectivity index is 2.10. The van der Waals surface area contributed by atoms with Crippen LogP contribution in [-0.4, -0.2) is 32.8 Å². The molecule has 0 aliphatic rings. The number of carbonyl (C=O) groups is 1. The summed E-state index contributed by atoms with van der Waals surface area (Å²) in [7, 11) is 3.27. The van der Waals surface area contributed by atoms with E-state index < -0.39 is 0 Å². The minimum absolute atomic E-state index is 0.0354. The lowest BCUT2D eigenvalue weighted by Crippen LogP contribution is -2.35. The summed E-state index contributed by atoms with van der Waals surface area (Å²) < 4.78 is 10.5. The van der Waals surface area contributed by atoms with Gasteiger partial charge in [0, 0.05) is 34.9 Å². The molecular formula is C19H23NO3S. The van der Waals surface area contributed by atoms with Crippen molar-refractivity contribution in [3.63, 3.8) is 0 Å². The van der Waals surface area contributed by atoms with E-state index in [9.17, 15) is 4.79 Å². The van der Waals surface area contributed by atoms with Crippen molar-refractivity contribution in [1.29, 1.82) is 0 Å². The van der Waals surface area contributed by atoms with Crippen LogP contribution in [0.1, 0.15) is 22.8 Å². The van der Waals surface area contributed by atoms with Gasteiger partial charge in [-0.05, 0) is 37.3 Å². The third-order valence-electron chi connectivity index (χ3n) is 3.47. The SMILES string of the molecule is COC[C@@H](C)NC(=O)c1ccc(OC)c(CSc2ccccc2)c1. The molecule has 0 spiro atoms. The Morgan fingerprint density at radius 3 is 2.58 bits per heavy atom. The van der Waals surface area contributed by atoms with Gasteiger partial charge in [0.25, 0.3) is 5.91 Å². The van der Waals surface area contributed by atoms with Gasteiger partial charge in [0.2, 0.25) is 0 Å². The van der Waals surface area contributed by atoms with Crippen LogP contribution >= 0.6 is 11.8 Å². The molecular weight excluding hydrogens is 322 g/mol. The highest BCUT2D eigenvalue weighted by molar-refractivity contribution is 7.98. The second-order valence-corrected chi connectivity index (χ2v) is 6.51. The Morgan fingerprint density at radius 1 is 1.17 bits per heavy atom. The maximum atomic E-state index is 12.3. The molecule has 128 valence electrons. The highest BCUT2D eigenvalue weighted by Gasteiger charge is 2.13. The van der Waals surface area contributed by atoms with Crippen LogP contribution in [0.2, 0.25) is 0 Å². The summed E-state index contributed by atoms with van der Waals surface area (Å²) in [5, 5.41) is 2.92. The fourth-order valence-corrected chi connectivity index (χ4v) is 3.21. The highest BCUT2D eigenvalue weighted by atomic mass is 32.2. The molecule has 2 aromatic carbocycles. The monoisotopic (exact) mass is 345 g/mol. The topological polar surface area (TPSA) is 47.6 Å². The summed E-state index contributed by atoms with van der Waals surface area (Å²) in [5.41, 5.74) is 1.63. The van der Waals surface area contributed by atoms with Gasteiger partial charge in [-0.1, -0.05) is 18.2 Å². The second-order valence-electron chi connectivity index (χ2n) is 5.46. The third kappa shape index (κ3) is 5.28. The summed E-state index contributed by atoms with van der Waals surface area (Å²) in [6.45, 7) is 2.40. The van der Waals surface area contributed by atoms with Crippen molar-refractivity contribution in [3.8, 4) is 5.75 Å². The minimum atomic E-state index is -0.104. The van der Waals surface area contributed by atoms with E-state index in [1.165, 1.54) is 4.90 Å². The summed E-state index contributed by atoms with van der Waals surface area (Å²) in [5.74, 6) is 1.43.